The van der Waals surface area contributed by atoms with Crippen molar-refractivity contribution in [2.24, 2.45) is 10.7 Å². The number of nitrogens with zero attached hydrogens (tertiary/aromatic N) is 2. The van der Waals surface area contributed by atoms with E-state index in [1.54, 1.807) is 0 Å². The molecule has 0 saturated heterocycles. The van der Waals surface area contributed by atoms with Crippen LogP contribution in [0.3, 0.4) is 0 Å². The van der Waals surface area contributed by atoms with Crippen LogP contribution in [0.1, 0.15) is 50.8 Å². The molecule has 34 heavy (non-hydrogen) atoms. The van der Waals surface area contributed by atoms with Crippen LogP contribution in [-0.2, 0) is 0 Å². The molecule has 10 heteroatoms. The second-order valence-corrected chi connectivity index (χ2v) is 8.76. The summed E-state index contributed by atoms with van der Waals surface area (Å²) in [5.74, 6) is 4.83. The van der Waals surface area contributed by atoms with E-state index in [1.807, 2.05) is 45.0 Å². The van der Waals surface area contributed by atoms with Crippen LogP contribution < -0.4 is 16.2 Å². The summed E-state index contributed by atoms with van der Waals surface area (Å²) in [4.78, 5) is 16.6. The van der Waals surface area contributed by atoms with Gasteiger partial charge >= 0.3 is 5.76 Å². The molecule has 0 saturated carbocycles. The first-order valence-corrected chi connectivity index (χ1v) is 11.9. The third-order valence-corrected chi connectivity index (χ3v) is 6.67. The topological polar surface area (TPSA) is 106 Å². The van der Waals surface area contributed by atoms with Crippen molar-refractivity contribution in [3.05, 3.63) is 63.9 Å². The quantitative estimate of drug-likeness (QED) is 0.154. The minimum Gasteiger partial charge on any atom is -0.408 e. The van der Waals surface area contributed by atoms with Crippen molar-refractivity contribution in [3.8, 4) is 11.8 Å². The minimum absolute atomic E-state index is 0.0791. The zero-order valence-corrected chi connectivity index (χ0v) is 20.6. The second kappa shape index (κ2) is 10.9. The molecule has 0 aliphatic heterocycles. The summed E-state index contributed by atoms with van der Waals surface area (Å²) >= 11 is 5.84. The lowest BCUT2D eigenvalue weighted by atomic mass is 9.96. The Morgan fingerprint density at radius 1 is 1.41 bits per heavy atom. The van der Waals surface area contributed by atoms with Gasteiger partial charge in [0, 0.05) is 17.7 Å². The first-order chi connectivity index (χ1) is 16.2. The Hall–Kier alpha value is -3.13. The molecule has 7 nitrogen and oxygen atoms in total. The number of rotatable bonds is 6. The molecule has 4 N–H and O–H groups in total. The van der Waals surface area contributed by atoms with Gasteiger partial charge in [-0.3, -0.25) is 4.57 Å². The Labute approximate surface area is 206 Å². The molecule has 0 fully saturated rings. The van der Waals surface area contributed by atoms with E-state index in [4.69, 9.17) is 22.4 Å². The maximum atomic E-state index is 14.8. The van der Waals surface area contributed by atoms with E-state index < -0.39 is 23.2 Å². The van der Waals surface area contributed by atoms with Crippen LogP contribution in [0, 0.1) is 17.7 Å². The van der Waals surface area contributed by atoms with Crippen LogP contribution in [0.5, 0.6) is 0 Å². The van der Waals surface area contributed by atoms with Crippen LogP contribution in [0.25, 0.3) is 11.1 Å². The molecule has 0 amide bonds. The van der Waals surface area contributed by atoms with E-state index in [-0.39, 0.29) is 15.6 Å². The van der Waals surface area contributed by atoms with E-state index >= 15 is 0 Å². The van der Waals surface area contributed by atoms with Crippen LogP contribution >= 0.6 is 24.2 Å². The zero-order chi connectivity index (χ0) is 24.9. The number of nitrogens with two attached hydrogens (primary N) is 1. The molecule has 1 heterocycles. The van der Waals surface area contributed by atoms with Crippen LogP contribution in [-0.4, -0.2) is 26.7 Å². The molecule has 0 spiro atoms. The summed E-state index contributed by atoms with van der Waals surface area (Å²) in [6, 6.07) is 9.52. The summed E-state index contributed by atoms with van der Waals surface area (Å²) in [7, 11) is 0. The van der Waals surface area contributed by atoms with Gasteiger partial charge in [-0.2, -0.15) is 0 Å². The van der Waals surface area contributed by atoms with Crippen molar-refractivity contribution in [2.45, 2.75) is 50.2 Å². The highest BCUT2D eigenvalue weighted by Gasteiger charge is 2.22. The summed E-state index contributed by atoms with van der Waals surface area (Å²) in [5, 5.41) is 10.6. The lowest BCUT2D eigenvalue weighted by molar-refractivity contribution is 0.0931. The van der Waals surface area contributed by atoms with Crippen molar-refractivity contribution < 1.29 is 13.9 Å². The highest BCUT2D eigenvalue weighted by Crippen LogP contribution is 2.29. The fourth-order valence-electron chi connectivity index (χ4n) is 3.40. The third kappa shape index (κ3) is 5.50. The SMILES string of the molecule is CCC(O)(C#Cc1ccccc1[C@@H](C)n1c(=O)oc2cc(SNC(=S)N=CN)c(F)cc21)CC. The van der Waals surface area contributed by atoms with Crippen molar-refractivity contribution in [1.29, 1.82) is 0 Å². The molecular formula is C24H25FN4O3S2. The molecule has 0 aliphatic rings. The van der Waals surface area contributed by atoms with Crippen LogP contribution in [0.15, 0.2) is 55.5 Å². The number of aliphatic imine (C=N–C) groups is 1. The van der Waals surface area contributed by atoms with Gasteiger partial charge in [0.2, 0.25) is 5.11 Å². The molecule has 0 radical (unpaired) electrons. The number of nitrogens with one attached hydrogen (secondary N) is 1. The van der Waals surface area contributed by atoms with Gasteiger partial charge in [-0.25, -0.2) is 14.2 Å². The van der Waals surface area contributed by atoms with Gasteiger partial charge in [-0.15, -0.1) is 0 Å². The normalized spacial score (nSPS) is 12.5. The van der Waals surface area contributed by atoms with Gasteiger partial charge in [-0.1, -0.05) is 43.9 Å². The third-order valence-electron chi connectivity index (χ3n) is 5.50. The first kappa shape index (κ1) is 25.5. The number of hydrogen-bond donors (Lipinski definition) is 3. The summed E-state index contributed by atoms with van der Waals surface area (Å²) in [6.45, 7) is 5.56. The van der Waals surface area contributed by atoms with Crippen molar-refractivity contribution in [1.82, 2.24) is 9.29 Å². The largest absolute Gasteiger partial charge is 0.420 e. The van der Waals surface area contributed by atoms with E-state index in [2.05, 4.69) is 21.6 Å². The Balaban J connectivity index is 2.02. The van der Waals surface area contributed by atoms with Gasteiger partial charge in [0.1, 0.15) is 11.4 Å². The molecule has 3 rings (SSSR count). The molecule has 178 valence electrons. The monoisotopic (exact) mass is 500 g/mol. The summed E-state index contributed by atoms with van der Waals surface area (Å²) in [6.07, 6.45) is 2.03. The zero-order valence-electron chi connectivity index (χ0n) is 19.0. The minimum atomic E-state index is -1.08. The molecule has 0 bridgehead atoms. The van der Waals surface area contributed by atoms with Crippen molar-refractivity contribution >= 4 is 46.7 Å². The van der Waals surface area contributed by atoms with Crippen LogP contribution in [0.4, 0.5) is 4.39 Å². The Morgan fingerprint density at radius 2 is 2.12 bits per heavy atom. The lowest BCUT2D eigenvalue weighted by Gasteiger charge is -2.18. The van der Waals surface area contributed by atoms with E-state index in [9.17, 15) is 14.3 Å². The molecule has 2 aromatic carbocycles. The number of fused-ring (bicyclic) bond motifs is 1. The number of thiocarbonyl (C=S) groups is 1. The van der Waals surface area contributed by atoms with Gasteiger partial charge in [0.05, 0.1) is 22.8 Å². The van der Waals surface area contributed by atoms with E-state index in [0.717, 1.165) is 23.8 Å². The highest BCUT2D eigenvalue weighted by atomic mass is 32.2. The fraction of sp³-hybridized carbons (Fsp3) is 0.292. The van der Waals surface area contributed by atoms with Gasteiger partial charge < -0.3 is 20.0 Å². The Bertz CT molecular complexity index is 1350. The maximum Gasteiger partial charge on any atom is 0.420 e. The Morgan fingerprint density at radius 3 is 2.79 bits per heavy atom. The van der Waals surface area contributed by atoms with Gasteiger partial charge in [-0.05, 0) is 55.6 Å². The number of hydrogen-bond acceptors (Lipinski definition) is 5. The Kier molecular flexibility index (Phi) is 8.15. The molecule has 0 aliphatic carbocycles. The maximum absolute atomic E-state index is 14.8. The average Bonchev–Trinajstić information content (AvgIpc) is 3.15. The van der Waals surface area contributed by atoms with Gasteiger partial charge in [0.15, 0.2) is 5.58 Å². The predicted molar refractivity (Wildman–Crippen MR) is 137 cm³/mol. The summed E-state index contributed by atoms with van der Waals surface area (Å²) in [5.41, 5.74) is 6.06. The fourth-order valence-corrected chi connectivity index (χ4v) is 4.16. The predicted octanol–water partition coefficient (Wildman–Crippen LogP) is 4.11. The first-order valence-electron chi connectivity index (χ1n) is 10.6. The second-order valence-electron chi connectivity index (χ2n) is 7.53. The van der Waals surface area contributed by atoms with E-state index in [0.29, 0.717) is 23.9 Å². The van der Waals surface area contributed by atoms with Crippen molar-refractivity contribution in [2.75, 3.05) is 0 Å². The standard InChI is InChI=1S/C24H25FN4O3S2/c1-4-24(31,5-2)11-10-16-8-6-7-9-17(16)15(3)29-19-12-18(25)21(13-20(19)32-23(29)30)34-28-22(33)27-14-26/h6-9,12-15,31H,4-5H2,1-3H3,(H3,26,27,28,33)/t15-/m1/s1. The molecule has 1 aromatic heterocycles. The number of aliphatic hydroxyl groups is 1. The molecule has 1 atom stereocenters. The number of halogens is 1. The summed E-state index contributed by atoms with van der Waals surface area (Å²) < 4.78 is 24.3. The number of aromatic nitrogens is 1. The smallest absolute Gasteiger partial charge is 0.408 e. The number of benzene rings is 2. The molecule has 3 aromatic rings. The van der Waals surface area contributed by atoms with Gasteiger partial charge in [0.25, 0.3) is 0 Å². The average molecular weight is 501 g/mol. The lowest BCUT2D eigenvalue weighted by Crippen LogP contribution is -2.24. The van der Waals surface area contributed by atoms with Crippen molar-refractivity contribution in [3.63, 3.8) is 0 Å². The molecule has 0 unspecified atom stereocenters. The molecular weight excluding hydrogens is 475 g/mol. The van der Waals surface area contributed by atoms with E-state index in [1.165, 1.54) is 16.7 Å². The van der Waals surface area contributed by atoms with Crippen LogP contribution in [0.2, 0.25) is 0 Å². The highest BCUT2D eigenvalue weighted by molar-refractivity contribution is 7.99. The number of oxazole rings is 1.